The SMILES string of the molecule is O=C(NO)c1ccc(Cn2nnc(-c3ccc(C(F)(F)F)cc3)n2)cc1. The van der Waals surface area contributed by atoms with E-state index in [9.17, 15) is 18.0 Å². The van der Waals surface area contributed by atoms with E-state index < -0.39 is 17.6 Å². The first kappa shape index (κ1) is 17.5. The molecule has 2 aromatic carbocycles. The monoisotopic (exact) mass is 363 g/mol. The first-order valence-corrected chi connectivity index (χ1v) is 7.35. The molecule has 0 unspecified atom stereocenters. The third-order valence-corrected chi connectivity index (χ3v) is 3.56. The fourth-order valence-electron chi connectivity index (χ4n) is 2.22. The molecule has 0 spiro atoms. The van der Waals surface area contributed by atoms with Crippen LogP contribution in [-0.2, 0) is 12.7 Å². The lowest BCUT2D eigenvalue weighted by Crippen LogP contribution is -2.18. The number of nitrogens with one attached hydrogen (secondary N) is 1. The summed E-state index contributed by atoms with van der Waals surface area (Å²) < 4.78 is 37.7. The molecule has 1 aromatic heterocycles. The van der Waals surface area contributed by atoms with Gasteiger partial charge in [0.1, 0.15) is 0 Å². The topological polar surface area (TPSA) is 92.9 Å². The van der Waals surface area contributed by atoms with Crippen LogP contribution in [0.15, 0.2) is 48.5 Å². The number of carbonyl (C=O) groups excluding carboxylic acids is 1. The molecule has 0 bridgehead atoms. The number of hydroxylamine groups is 1. The molecule has 3 aromatic rings. The molecule has 0 saturated carbocycles. The molecule has 0 aliphatic rings. The van der Waals surface area contributed by atoms with Crippen molar-refractivity contribution in [1.29, 1.82) is 0 Å². The maximum absolute atomic E-state index is 12.6. The van der Waals surface area contributed by atoms with Gasteiger partial charge in [0, 0.05) is 11.1 Å². The van der Waals surface area contributed by atoms with E-state index in [1.54, 1.807) is 12.1 Å². The minimum absolute atomic E-state index is 0.204. The number of nitrogens with zero attached hydrogens (tertiary/aromatic N) is 4. The van der Waals surface area contributed by atoms with Crippen LogP contribution in [0.4, 0.5) is 13.2 Å². The van der Waals surface area contributed by atoms with Crippen molar-refractivity contribution in [3.8, 4) is 11.4 Å². The van der Waals surface area contributed by atoms with E-state index in [4.69, 9.17) is 5.21 Å². The molecule has 2 N–H and O–H groups in total. The van der Waals surface area contributed by atoms with Gasteiger partial charge in [0.25, 0.3) is 5.91 Å². The highest BCUT2D eigenvalue weighted by molar-refractivity contribution is 5.93. The Morgan fingerprint density at radius 3 is 2.31 bits per heavy atom. The number of alkyl halides is 3. The lowest BCUT2D eigenvalue weighted by atomic mass is 10.1. The predicted octanol–water partition coefficient (Wildman–Crippen LogP) is 2.53. The average molecular weight is 363 g/mol. The van der Waals surface area contributed by atoms with Crippen LogP contribution in [0.5, 0.6) is 0 Å². The van der Waals surface area contributed by atoms with Crippen molar-refractivity contribution in [3.63, 3.8) is 0 Å². The van der Waals surface area contributed by atoms with Crippen LogP contribution in [0.25, 0.3) is 11.4 Å². The number of hydrogen-bond acceptors (Lipinski definition) is 5. The summed E-state index contributed by atoms with van der Waals surface area (Å²) in [7, 11) is 0. The van der Waals surface area contributed by atoms with E-state index in [1.807, 2.05) is 0 Å². The van der Waals surface area contributed by atoms with Crippen LogP contribution in [0.3, 0.4) is 0 Å². The number of halogens is 3. The summed E-state index contributed by atoms with van der Waals surface area (Å²) in [5.41, 5.74) is 2.26. The van der Waals surface area contributed by atoms with E-state index >= 15 is 0 Å². The molecule has 0 radical (unpaired) electrons. The molecule has 7 nitrogen and oxygen atoms in total. The van der Waals surface area contributed by atoms with Gasteiger partial charge in [-0.15, -0.1) is 10.2 Å². The van der Waals surface area contributed by atoms with Gasteiger partial charge in [0.2, 0.25) is 5.82 Å². The molecule has 0 atom stereocenters. The van der Waals surface area contributed by atoms with Gasteiger partial charge in [-0.25, -0.2) is 5.48 Å². The smallest absolute Gasteiger partial charge is 0.288 e. The number of rotatable bonds is 4. The molecular weight excluding hydrogens is 351 g/mol. The Bertz CT molecular complexity index is 905. The Kier molecular flexibility index (Phi) is 4.67. The maximum Gasteiger partial charge on any atom is 0.416 e. The second-order valence-corrected chi connectivity index (χ2v) is 5.36. The van der Waals surface area contributed by atoms with Crippen molar-refractivity contribution in [3.05, 3.63) is 65.2 Å². The van der Waals surface area contributed by atoms with Crippen molar-refractivity contribution < 1.29 is 23.2 Å². The fourth-order valence-corrected chi connectivity index (χ4v) is 2.22. The van der Waals surface area contributed by atoms with E-state index in [1.165, 1.54) is 34.5 Å². The van der Waals surface area contributed by atoms with Gasteiger partial charge < -0.3 is 0 Å². The van der Waals surface area contributed by atoms with Gasteiger partial charge in [-0.05, 0) is 35.0 Å². The molecule has 1 amide bonds. The molecule has 0 fully saturated rings. The standard InChI is InChI=1S/C16H12F3N5O2/c17-16(18,19)13-7-5-11(6-8-13)14-20-23-24(21-14)9-10-1-3-12(4-2-10)15(25)22-26/h1-8,26H,9H2,(H,22,25). The van der Waals surface area contributed by atoms with Crippen LogP contribution >= 0.6 is 0 Å². The Hall–Kier alpha value is -3.27. The van der Waals surface area contributed by atoms with E-state index in [0.717, 1.165) is 17.7 Å². The number of benzene rings is 2. The molecule has 10 heteroatoms. The summed E-state index contributed by atoms with van der Waals surface area (Å²) in [5, 5.41) is 20.4. The van der Waals surface area contributed by atoms with Gasteiger partial charge in [-0.2, -0.15) is 18.0 Å². The van der Waals surface area contributed by atoms with Crippen molar-refractivity contribution in [2.75, 3.05) is 0 Å². The highest BCUT2D eigenvalue weighted by Crippen LogP contribution is 2.30. The molecule has 1 heterocycles. The Balaban J connectivity index is 1.73. The van der Waals surface area contributed by atoms with Crippen LogP contribution in [0.2, 0.25) is 0 Å². The van der Waals surface area contributed by atoms with Gasteiger partial charge in [-0.3, -0.25) is 10.0 Å². The summed E-state index contributed by atoms with van der Waals surface area (Å²) in [6.45, 7) is 0.259. The van der Waals surface area contributed by atoms with Crippen molar-refractivity contribution in [1.82, 2.24) is 25.7 Å². The summed E-state index contributed by atoms with van der Waals surface area (Å²) >= 11 is 0. The highest BCUT2D eigenvalue weighted by Gasteiger charge is 2.30. The molecule has 26 heavy (non-hydrogen) atoms. The number of carbonyl (C=O) groups is 1. The van der Waals surface area contributed by atoms with Gasteiger partial charge in [-0.1, -0.05) is 24.3 Å². The zero-order chi connectivity index (χ0) is 18.7. The third kappa shape index (κ3) is 3.86. The third-order valence-electron chi connectivity index (χ3n) is 3.56. The van der Waals surface area contributed by atoms with E-state index in [0.29, 0.717) is 5.56 Å². The highest BCUT2D eigenvalue weighted by atomic mass is 19.4. The summed E-state index contributed by atoms with van der Waals surface area (Å²) in [4.78, 5) is 12.5. The van der Waals surface area contributed by atoms with Crippen LogP contribution in [-0.4, -0.2) is 31.3 Å². The summed E-state index contributed by atoms with van der Waals surface area (Å²) in [6.07, 6.45) is -4.40. The Morgan fingerprint density at radius 1 is 1.08 bits per heavy atom. The molecule has 134 valence electrons. The average Bonchev–Trinajstić information content (AvgIpc) is 3.09. The lowest BCUT2D eigenvalue weighted by Gasteiger charge is -2.05. The predicted molar refractivity (Wildman–Crippen MR) is 83.1 cm³/mol. The van der Waals surface area contributed by atoms with Gasteiger partial charge >= 0.3 is 6.18 Å². The Labute approximate surface area is 145 Å². The largest absolute Gasteiger partial charge is 0.416 e. The molecule has 0 aliphatic heterocycles. The quantitative estimate of drug-likeness (QED) is 0.549. The first-order valence-electron chi connectivity index (χ1n) is 7.35. The molecular formula is C16H12F3N5O2. The van der Waals surface area contributed by atoms with Crippen LogP contribution in [0.1, 0.15) is 21.5 Å². The zero-order valence-corrected chi connectivity index (χ0v) is 13.1. The van der Waals surface area contributed by atoms with Gasteiger partial charge in [0.05, 0.1) is 12.1 Å². The summed E-state index contributed by atoms with van der Waals surface area (Å²) in [5.74, 6) is -0.421. The van der Waals surface area contributed by atoms with Gasteiger partial charge in [0.15, 0.2) is 0 Å². The minimum Gasteiger partial charge on any atom is -0.288 e. The molecule has 0 aliphatic carbocycles. The maximum atomic E-state index is 12.6. The lowest BCUT2D eigenvalue weighted by molar-refractivity contribution is -0.137. The zero-order valence-electron chi connectivity index (χ0n) is 13.1. The minimum atomic E-state index is -4.40. The first-order chi connectivity index (χ1) is 12.4. The number of aromatic nitrogens is 4. The van der Waals surface area contributed by atoms with E-state index in [-0.39, 0.29) is 17.9 Å². The van der Waals surface area contributed by atoms with Crippen molar-refractivity contribution in [2.45, 2.75) is 12.7 Å². The second kappa shape index (κ2) is 6.92. The fraction of sp³-hybridized carbons (Fsp3) is 0.125. The number of hydrogen-bond donors (Lipinski definition) is 2. The van der Waals surface area contributed by atoms with Crippen molar-refractivity contribution in [2.24, 2.45) is 0 Å². The second-order valence-electron chi connectivity index (χ2n) is 5.36. The Morgan fingerprint density at radius 2 is 1.73 bits per heavy atom. The van der Waals surface area contributed by atoms with Crippen molar-refractivity contribution >= 4 is 5.91 Å². The number of amides is 1. The number of tetrazole rings is 1. The van der Waals surface area contributed by atoms with E-state index in [2.05, 4.69) is 15.4 Å². The summed E-state index contributed by atoms with van der Waals surface area (Å²) in [6, 6.07) is 10.8. The molecule has 3 rings (SSSR count). The normalized spacial score (nSPS) is 11.4. The van der Waals surface area contributed by atoms with Crippen LogP contribution in [0, 0.1) is 0 Å². The molecule has 0 saturated heterocycles. The van der Waals surface area contributed by atoms with Crippen LogP contribution < -0.4 is 5.48 Å².